The van der Waals surface area contributed by atoms with Crippen molar-refractivity contribution >= 4 is 23.1 Å². The van der Waals surface area contributed by atoms with Crippen LogP contribution in [-0.2, 0) is 11.8 Å². The predicted molar refractivity (Wildman–Crippen MR) is 108 cm³/mol. The van der Waals surface area contributed by atoms with Crippen LogP contribution < -0.4 is 4.74 Å². The lowest BCUT2D eigenvalue weighted by atomic mass is 10.1. The number of carbonyl (C=O) groups is 2. The highest BCUT2D eigenvalue weighted by Crippen LogP contribution is 2.29. The van der Waals surface area contributed by atoms with E-state index in [0.29, 0.717) is 21.1 Å². The molecule has 0 bridgehead atoms. The molecule has 0 atom stereocenters. The van der Waals surface area contributed by atoms with Crippen molar-refractivity contribution < 1.29 is 19.1 Å². The zero-order chi connectivity index (χ0) is 20.4. The molecule has 0 amide bonds. The standard InChI is InChI=1S/C21H22N2O4S/c1-12-10-17(14(3)23(12)4)18(24)11-27-21(25)19-13(2)22-20(28-19)15-6-8-16(26-5)9-7-15/h6-10H,11H2,1-5H3. The van der Waals surface area contributed by atoms with Crippen molar-refractivity contribution in [1.82, 2.24) is 9.55 Å². The average molecular weight is 398 g/mol. The van der Waals surface area contributed by atoms with Crippen LogP contribution >= 0.6 is 11.3 Å². The number of benzene rings is 1. The Hall–Kier alpha value is -2.93. The van der Waals surface area contributed by atoms with Gasteiger partial charge in [0.05, 0.1) is 12.8 Å². The van der Waals surface area contributed by atoms with Gasteiger partial charge in [0.1, 0.15) is 15.6 Å². The van der Waals surface area contributed by atoms with E-state index in [1.165, 1.54) is 11.3 Å². The molecule has 0 aliphatic heterocycles. The Morgan fingerprint density at radius 2 is 1.82 bits per heavy atom. The predicted octanol–water partition coefficient (Wildman–Crippen LogP) is 4.12. The minimum absolute atomic E-state index is 0.216. The Morgan fingerprint density at radius 1 is 1.14 bits per heavy atom. The van der Waals surface area contributed by atoms with Crippen LogP contribution in [0.2, 0.25) is 0 Å². The van der Waals surface area contributed by atoms with Crippen molar-refractivity contribution in [3.05, 3.63) is 57.9 Å². The summed E-state index contributed by atoms with van der Waals surface area (Å²) in [6.45, 7) is 5.26. The van der Waals surface area contributed by atoms with Gasteiger partial charge in [0.15, 0.2) is 6.61 Å². The van der Waals surface area contributed by atoms with Crippen molar-refractivity contribution in [3.8, 4) is 16.3 Å². The minimum Gasteiger partial charge on any atom is -0.497 e. The molecular formula is C21H22N2O4S. The molecular weight excluding hydrogens is 376 g/mol. The highest BCUT2D eigenvalue weighted by Gasteiger charge is 2.20. The van der Waals surface area contributed by atoms with Crippen LogP contribution in [0.5, 0.6) is 5.75 Å². The van der Waals surface area contributed by atoms with Crippen LogP contribution in [0.4, 0.5) is 0 Å². The maximum Gasteiger partial charge on any atom is 0.350 e. The topological polar surface area (TPSA) is 70.4 Å². The van der Waals surface area contributed by atoms with Crippen LogP contribution in [-0.4, -0.2) is 35.0 Å². The van der Waals surface area contributed by atoms with E-state index in [1.54, 1.807) is 14.0 Å². The molecule has 0 radical (unpaired) electrons. The van der Waals surface area contributed by atoms with E-state index in [-0.39, 0.29) is 12.4 Å². The molecule has 3 aromatic rings. The molecule has 28 heavy (non-hydrogen) atoms. The third kappa shape index (κ3) is 3.84. The molecule has 0 N–H and O–H groups in total. The van der Waals surface area contributed by atoms with E-state index in [9.17, 15) is 9.59 Å². The Kier molecular flexibility index (Phi) is 5.65. The molecule has 1 aromatic carbocycles. The van der Waals surface area contributed by atoms with Crippen molar-refractivity contribution in [1.29, 1.82) is 0 Å². The fourth-order valence-electron chi connectivity index (χ4n) is 2.85. The molecule has 0 aliphatic carbocycles. The van der Waals surface area contributed by atoms with E-state index in [1.807, 2.05) is 55.8 Å². The first kappa shape index (κ1) is 19.8. The third-order valence-corrected chi connectivity index (χ3v) is 5.92. The van der Waals surface area contributed by atoms with E-state index < -0.39 is 5.97 Å². The summed E-state index contributed by atoms with van der Waals surface area (Å²) in [5.41, 5.74) is 3.89. The lowest BCUT2D eigenvalue weighted by Gasteiger charge is -2.04. The molecule has 0 unspecified atom stereocenters. The third-order valence-electron chi connectivity index (χ3n) is 4.73. The van der Waals surface area contributed by atoms with E-state index in [2.05, 4.69) is 4.98 Å². The molecule has 0 saturated heterocycles. The first-order valence-electron chi connectivity index (χ1n) is 8.77. The van der Waals surface area contributed by atoms with Gasteiger partial charge in [-0.15, -0.1) is 11.3 Å². The number of esters is 1. The second-order valence-electron chi connectivity index (χ2n) is 6.51. The number of thiazole rings is 1. The number of methoxy groups -OCH3 is 1. The summed E-state index contributed by atoms with van der Waals surface area (Å²) in [5, 5.41) is 0.716. The molecule has 2 aromatic heterocycles. The van der Waals surface area contributed by atoms with Gasteiger partial charge in [0.2, 0.25) is 5.78 Å². The quantitative estimate of drug-likeness (QED) is 0.461. The molecule has 7 heteroatoms. The smallest absolute Gasteiger partial charge is 0.350 e. The second-order valence-corrected chi connectivity index (χ2v) is 7.50. The molecule has 146 valence electrons. The molecule has 0 saturated carbocycles. The van der Waals surface area contributed by atoms with Crippen molar-refractivity contribution in [2.24, 2.45) is 7.05 Å². The second kappa shape index (κ2) is 7.98. The summed E-state index contributed by atoms with van der Waals surface area (Å²) < 4.78 is 12.4. The van der Waals surface area contributed by atoms with Gasteiger partial charge < -0.3 is 14.0 Å². The minimum atomic E-state index is -0.534. The van der Waals surface area contributed by atoms with Crippen molar-refractivity contribution in [3.63, 3.8) is 0 Å². The Labute approximate surface area is 167 Å². The highest BCUT2D eigenvalue weighted by atomic mass is 32.1. The Balaban J connectivity index is 1.71. The largest absolute Gasteiger partial charge is 0.497 e. The van der Waals surface area contributed by atoms with E-state index in [0.717, 1.165) is 22.7 Å². The van der Waals surface area contributed by atoms with Gasteiger partial charge in [-0.2, -0.15) is 0 Å². The number of hydrogen-bond donors (Lipinski definition) is 0. The first-order chi connectivity index (χ1) is 13.3. The molecule has 3 rings (SSSR count). The lowest BCUT2D eigenvalue weighted by Crippen LogP contribution is -2.14. The number of hydrogen-bond acceptors (Lipinski definition) is 6. The van der Waals surface area contributed by atoms with Crippen LogP contribution in [0.15, 0.2) is 30.3 Å². The fraction of sp³-hybridized carbons (Fsp3) is 0.286. The van der Waals surface area contributed by atoms with Gasteiger partial charge in [0.25, 0.3) is 0 Å². The molecule has 0 spiro atoms. The summed E-state index contributed by atoms with van der Waals surface area (Å²) in [4.78, 5) is 29.8. The van der Waals surface area contributed by atoms with E-state index >= 15 is 0 Å². The number of Topliss-reactive ketones (excluding diaryl/α,β-unsaturated/α-hetero) is 1. The normalized spacial score (nSPS) is 10.8. The Bertz CT molecular complexity index is 1030. The molecule has 6 nitrogen and oxygen atoms in total. The molecule has 0 fully saturated rings. The summed E-state index contributed by atoms with van der Waals surface area (Å²) in [6.07, 6.45) is 0. The summed E-state index contributed by atoms with van der Waals surface area (Å²) in [6, 6.07) is 9.26. The summed E-state index contributed by atoms with van der Waals surface area (Å²) in [5.74, 6) is 0.00197. The van der Waals surface area contributed by atoms with Gasteiger partial charge in [0, 0.05) is 29.6 Å². The first-order valence-corrected chi connectivity index (χ1v) is 9.58. The maximum absolute atomic E-state index is 12.5. The number of ketones is 1. The summed E-state index contributed by atoms with van der Waals surface area (Å²) >= 11 is 1.25. The van der Waals surface area contributed by atoms with Crippen LogP contribution in [0, 0.1) is 20.8 Å². The van der Waals surface area contributed by atoms with Crippen molar-refractivity contribution in [2.45, 2.75) is 20.8 Å². The Morgan fingerprint density at radius 3 is 2.39 bits per heavy atom. The zero-order valence-electron chi connectivity index (χ0n) is 16.5. The summed E-state index contributed by atoms with van der Waals surface area (Å²) in [7, 11) is 3.50. The number of ether oxygens (including phenoxy) is 2. The number of nitrogens with zero attached hydrogens (tertiary/aromatic N) is 2. The lowest BCUT2D eigenvalue weighted by molar-refractivity contribution is 0.0478. The van der Waals surface area contributed by atoms with Crippen LogP contribution in [0.1, 0.15) is 37.1 Å². The maximum atomic E-state index is 12.5. The molecule has 0 aliphatic rings. The highest BCUT2D eigenvalue weighted by molar-refractivity contribution is 7.17. The van der Waals surface area contributed by atoms with Gasteiger partial charge >= 0.3 is 5.97 Å². The average Bonchev–Trinajstić information content (AvgIpc) is 3.21. The van der Waals surface area contributed by atoms with Gasteiger partial charge in [-0.1, -0.05) is 0 Å². The van der Waals surface area contributed by atoms with E-state index in [4.69, 9.17) is 9.47 Å². The van der Waals surface area contributed by atoms with Crippen molar-refractivity contribution in [2.75, 3.05) is 13.7 Å². The van der Waals surface area contributed by atoms with Crippen LogP contribution in [0.25, 0.3) is 10.6 Å². The van der Waals surface area contributed by atoms with Gasteiger partial charge in [-0.25, -0.2) is 9.78 Å². The number of aromatic nitrogens is 2. The monoisotopic (exact) mass is 398 g/mol. The SMILES string of the molecule is COc1ccc(-c2nc(C)c(C(=O)OCC(=O)c3cc(C)n(C)c3C)s2)cc1. The number of aryl methyl sites for hydroxylation is 2. The van der Waals surface area contributed by atoms with Crippen LogP contribution in [0.3, 0.4) is 0 Å². The number of carbonyl (C=O) groups excluding carboxylic acids is 2. The zero-order valence-corrected chi connectivity index (χ0v) is 17.3. The van der Waals surface area contributed by atoms with Gasteiger partial charge in [-0.05, 0) is 51.1 Å². The molecule has 2 heterocycles. The van der Waals surface area contributed by atoms with Gasteiger partial charge in [-0.3, -0.25) is 4.79 Å². The fourth-order valence-corrected chi connectivity index (χ4v) is 3.82. The number of rotatable bonds is 6.